The Bertz CT molecular complexity index is 847. The van der Waals surface area contributed by atoms with Gasteiger partial charge in [0, 0.05) is 11.1 Å². The fourth-order valence-electron chi connectivity index (χ4n) is 3.16. The van der Waals surface area contributed by atoms with Gasteiger partial charge in [-0.05, 0) is 37.0 Å². The van der Waals surface area contributed by atoms with Gasteiger partial charge >= 0.3 is 0 Å². The molecule has 2 N–H and O–H groups in total. The highest BCUT2D eigenvalue weighted by Crippen LogP contribution is 2.24. The Morgan fingerprint density at radius 1 is 1.28 bits per heavy atom. The lowest BCUT2D eigenvalue weighted by Gasteiger charge is -2.16. The van der Waals surface area contributed by atoms with E-state index in [2.05, 4.69) is 15.2 Å². The van der Waals surface area contributed by atoms with Crippen molar-refractivity contribution in [2.75, 3.05) is 0 Å². The van der Waals surface area contributed by atoms with E-state index in [1.54, 1.807) is 17.2 Å². The van der Waals surface area contributed by atoms with Crippen LogP contribution in [0.3, 0.4) is 0 Å². The lowest BCUT2D eigenvalue weighted by atomic mass is 10.2. The summed E-state index contributed by atoms with van der Waals surface area (Å²) in [5.41, 5.74) is 7.97. The largest absolute Gasteiger partial charge is 0.486 e. The number of rotatable bonds is 5. The molecule has 3 aromatic rings. The molecule has 0 bridgehead atoms. The zero-order valence-electron chi connectivity index (χ0n) is 13.6. The SMILES string of the molecule is N[C@H]1CCC[C@H]1Oc1cnn(Cc2ccc(Cl)cc2-n2cncn2)c1. The molecular weight excluding hydrogens is 340 g/mol. The Morgan fingerprint density at radius 2 is 2.20 bits per heavy atom. The summed E-state index contributed by atoms with van der Waals surface area (Å²) < 4.78 is 9.50. The van der Waals surface area contributed by atoms with Gasteiger partial charge in [-0.25, -0.2) is 9.67 Å². The van der Waals surface area contributed by atoms with Crippen molar-refractivity contribution in [3.05, 3.63) is 53.8 Å². The third-order valence-corrected chi connectivity index (χ3v) is 4.68. The molecule has 8 heteroatoms. The first-order valence-electron chi connectivity index (χ1n) is 8.27. The summed E-state index contributed by atoms with van der Waals surface area (Å²) in [7, 11) is 0. The van der Waals surface area contributed by atoms with E-state index < -0.39 is 0 Å². The zero-order chi connectivity index (χ0) is 17.2. The molecule has 1 aliphatic rings. The molecule has 2 aromatic heterocycles. The minimum Gasteiger partial charge on any atom is -0.486 e. The number of hydrogen-bond donors (Lipinski definition) is 1. The van der Waals surface area contributed by atoms with Crippen LogP contribution in [0.1, 0.15) is 24.8 Å². The summed E-state index contributed by atoms with van der Waals surface area (Å²) in [6.07, 6.45) is 9.99. The first kappa shape index (κ1) is 16.1. The van der Waals surface area contributed by atoms with Gasteiger partial charge in [0.25, 0.3) is 0 Å². The predicted octanol–water partition coefficient (Wildman–Crippen LogP) is 2.42. The molecule has 1 fully saturated rings. The summed E-state index contributed by atoms with van der Waals surface area (Å²) in [5, 5.41) is 9.23. The van der Waals surface area contributed by atoms with Crippen molar-refractivity contribution in [2.45, 2.75) is 38.0 Å². The van der Waals surface area contributed by atoms with Crippen molar-refractivity contribution in [2.24, 2.45) is 5.73 Å². The second kappa shape index (κ2) is 6.85. The van der Waals surface area contributed by atoms with Gasteiger partial charge in [-0.1, -0.05) is 17.7 Å². The van der Waals surface area contributed by atoms with Crippen LogP contribution in [0, 0.1) is 0 Å². The van der Waals surface area contributed by atoms with Crippen molar-refractivity contribution in [1.82, 2.24) is 24.5 Å². The van der Waals surface area contributed by atoms with Crippen molar-refractivity contribution >= 4 is 11.6 Å². The molecule has 4 rings (SSSR count). The summed E-state index contributed by atoms with van der Waals surface area (Å²) in [6, 6.07) is 5.80. The van der Waals surface area contributed by atoms with Crippen LogP contribution in [0.15, 0.2) is 43.2 Å². The Morgan fingerprint density at radius 3 is 2.96 bits per heavy atom. The molecule has 0 aliphatic heterocycles. The standard InChI is InChI=1S/C17H19ClN6O/c18-13-5-4-12(16(6-13)24-11-20-10-22-24)8-23-9-14(7-21-23)25-17-3-1-2-15(17)19/h4-7,9-11,15,17H,1-3,8,19H2/t15-,17+/m0/s1. The molecule has 130 valence electrons. The molecule has 0 radical (unpaired) electrons. The Balaban J connectivity index is 1.53. The van der Waals surface area contributed by atoms with Gasteiger partial charge in [-0.15, -0.1) is 0 Å². The number of hydrogen-bond acceptors (Lipinski definition) is 5. The predicted molar refractivity (Wildman–Crippen MR) is 93.9 cm³/mol. The van der Waals surface area contributed by atoms with Gasteiger partial charge in [-0.3, -0.25) is 4.68 Å². The Labute approximate surface area is 150 Å². The van der Waals surface area contributed by atoms with Gasteiger partial charge in [0.05, 0.1) is 24.6 Å². The number of halogens is 1. The van der Waals surface area contributed by atoms with Crippen molar-refractivity contribution in [3.8, 4) is 11.4 Å². The first-order valence-corrected chi connectivity index (χ1v) is 8.65. The van der Waals surface area contributed by atoms with E-state index in [1.165, 1.54) is 6.33 Å². The van der Waals surface area contributed by atoms with Gasteiger partial charge < -0.3 is 10.5 Å². The van der Waals surface area contributed by atoms with Crippen LogP contribution >= 0.6 is 11.6 Å². The minimum atomic E-state index is 0.0823. The van der Waals surface area contributed by atoms with Crippen LogP contribution in [-0.2, 0) is 6.54 Å². The smallest absolute Gasteiger partial charge is 0.157 e. The van der Waals surface area contributed by atoms with Crippen LogP contribution in [0.25, 0.3) is 5.69 Å². The van der Waals surface area contributed by atoms with E-state index in [9.17, 15) is 0 Å². The van der Waals surface area contributed by atoms with E-state index in [0.29, 0.717) is 11.6 Å². The maximum Gasteiger partial charge on any atom is 0.157 e. The fraction of sp³-hybridized carbons (Fsp3) is 0.353. The van der Waals surface area contributed by atoms with Crippen LogP contribution in [0.2, 0.25) is 5.02 Å². The monoisotopic (exact) mass is 358 g/mol. The summed E-state index contributed by atoms with van der Waals surface area (Å²) in [5.74, 6) is 0.749. The van der Waals surface area contributed by atoms with Crippen molar-refractivity contribution in [3.63, 3.8) is 0 Å². The van der Waals surface area contributed by atoms with Gasteiger partial charge in [0.2, 0.25) is 0 Å². The maximum absolute atomic E-state index is 6.13. The normalized spacial score (nSPS) is 20.1. The molecule has 1 aliphatic carbocycles. The second-order valence-corrected chi connectivity index (χ2v) is 6.67. The number of ether oxygens (including phenoxy) is 1. The highest BCUT2D eigenvalue weighted by molar-refractivity contribution is 6.30. The molecule has 7 nitrogen and oxygen atoms in total. The fourth-order valence-corrected chi connectivity index (χ4v) is 3.33. The minimum absolute atomic E-state index is 0.0823. The average molecular weight is 359 g/mol. The van der Waals surface area contributed by atoms with Crippen LogP contribution in [0.4, 0.5) is 0 Å². The van der Waals surface area contributed by atoms with Gasteiger partial charge in [0.15, 0.2) is 5.75 Å². The number of aromatic nitrogens is 5. The Hall–Kier alpha value is -2.38. The zero-order valence-corrected chi connectivity index (χ0v) is 14.4. The van der Waals surface area contributed by atoms with E-state index in [0.717, 1.165) is 36.3 Å². The van der Waals surface area contributed by atoms with Crippen LogP contribution < -0.4 is 10.5 Å². The molecule has 0 saturated heterocycles. The third kappa shape index (κ3) is 3.52. The lowest BCUT2D eigenvalue weighted by molar-refractivity contribution is 0.191. The maximum atomic E-state index is 6.13. The quantitative estimate of drug-likeness (QED) is 0.757. The molecule has 0 amide bonds. The van der Waals surface area contributed by atoms with E-state index >= 15 is 0 Å². The topological polar surface area (TPSA) is 83.8 Å². The molecule has 0 unspecified atom stereocenters. The molecule has 25 heavy (non-hydrogen) atoms. The molecule has 0 spiro atoms. The molecule has 2 atom stereocenters. The molecule has 1 aromatic carbocycles. The lowest BCUT2D eigenvalue weighted by Crippen LogP contribution is -2.33. The van der Waals surface area contributed by atoms with Crippen LogP contribution in [0.5, 0.6) is 5.75 Å². The number of nitrogens with two attached hydrogens (primary N) is 1. The molecular formula is C17H19ClN6O. The first-order chi connectivity index (χ1) is 12.2. The highest BCUT2D eigenvalue weighted by atomic mass is 35.5. The average Bonchev–Trinajstić information content (AvgIpc) is 3.33. The summed E-state index contributed by atoms with van der Waals surface area (Å²) in [4.78, 5) is 4.00. The summed E-state index contributed by atoms with van der Waals surface area (Å²) in [6.45, 7) is 0.576. The van der Waals surface area contributed by atoms with E-state index in [-0.39, 0.29) is 12.1 Å². The third-order valence-electron chi connectivity index (χ3n) is 4.45. The second-order valence-electron chi connectivity index (χ2n) is 6.24. The molecule has 1 saturated carbocycles. The highest BCUT2D eigenvalue weighted by Gasteiger charge is 2.25. The van der Waals surface area contributed by atoms with Crippen molar-refractivity contribution in [1.29, 1.82) is 0 Å². The van der Waals surface area contributed by atoms with Crippen molar-refractivity contribution < 1.29 is 4.74 Å². The van der Waals surface area contributed by atoms with E-state index in [1.807, 2.05) is 29.1 Å². The summed E-state index contributed by atoms with van der Waals surface area (Å²) >= 11 is 6.13. The Kier molecular flexibility index (Phi) is 4.42. The van der Waals surface area contributed by atoms with E-state index in [4.69, 9.17) is 22.1 Å². The van der Waals surface area contributed by atoms with Gasteiger partial charge in [0.1, 0.15) is 18.8 Å². The number of nitrogens with zero attached hydrogens (tertiary/aromatic N) is 5. The molecule has 2 heterocycles. The number of benzene rings is 1. The van der Waals surface area contributed by atoms with Gasteiger partial charge in [-0.2, -0.15) is 10.2 Å². The van der Waals surface area contributed by atoms with Crippen LogP contribution in [-0.4, -0.2) is 36.7 Å².